The Morgan fingerprint density at radius 3 is 3.15 bits per heavy atom. The predicted octanol–water partition coefficient (Wildman–Crippen LogP) is -0.724. The molecule has 6 heteroatoms. The van der Waals surface area contributed by atoms with Crippen molar-refractivity contribution >= 4 is 5.82 Å². The first-order valence-electron chi connectivity index (χ1n) is 4.19. The Morgan fingerprint density at radius 1 is 1.62 bits per heavy atom. The molecule has 0 radical (unpaired) electrons. The van der Waals surface area contributed by atoms with Crippen LogP contribution in [0.1, 0.15) is 0 Å². The smallest absolute Gasteiger partial charge is 0.165 e. The molecule has 2 N–H and O–H groups in total. The molecule has 2 heterocycles. The van der Waals surface area contributed by atoms with Crippen LogP contribution in [0.25, 0.3) is 0 Å². The van der Waals surface area contributed by atoms with Crippen LogP contribution in [0.3, 0.4) is 0 Å². The van der Waals surface area contributed by atoms with Crippen LogP contribution in [-0.2, 0) is 16.0 Å². The van der Waals surface area contributed by atoms with Gasteiger partial charge in [-0.25, -0.2) is 4.68 Å². The number of aromatic nitrogens is 3. The van der Waals surface area contributed by atoms with Gasteiger partial charge in [0.15, 0.2) is 5.82 Å². The molecule has 1 saturated heterocycles. The predicted molar refractivity (Wildman–Crippen MR) is 45.0 cm³/mol. The quantitative estimate of drug-likeness (QED) is 0.656. The number of ether oxygens (including phenoxy) is 2. The van der Waals surface area contributed by atoms with Crippen LogP contribution in [-0.4, -0.2) is 40.9 Å². The lowest BCUT2D eigenvalue weighted by atomic mass is 10.3. The van der Waals surface area contributed by atoms with E-state index in [2.05, 4.69) is 10.3 Å². The largest absolute Gasteiger partial charge is 0.381 e. The SMILES string of the molecule is Nc1cn(CC2COCCO2)nn1. The molecule has 1 aromatic heterocycles. The van der Waals surface area contributed by atoms with E-state index in [1.807, 2.05) is 0 Å². The maximum absolute atomic E-state index is 5.44. The van der Waals surface area contributed by atoms with Crippen LogP contribution in [0.4, 0.5) is 5.82 Å². The molecule has 2 rings (SSSR count). The van der Waals surface area contributed by atoms with Crippen LogP contribution < -0.4 is 5.73 Å². The van der Waals surface area contributed by atoms with Crippen molar-refractivity contribution in [2.24, 2.45) is 0 Å². The molecule has 0 saturated carbocycles. The van der Waals surface area contributed by atoms with Crippen LogP contribution in [0.2, 0.25) is 0 Å². The summed E-state index contributed by atoms with van der Waals surface area (Å²) in [6, 6.07) is 0. The van der Waals surface area contributed by atoms with E-state index in [4.69, 9.17) is 15.2 Å². The van der Waals surface area contributed by atoms with E-state index in [1.54, 1.807) is 10.9 Å². The summed E-state index contributed by atoms with van der Waals surface area (Å²) in [5.74, 6) is 0.428. The van der Waals surface area contributed by atoms with Gasteiger partial charge in [-0.15, -0.1) is 5.10 Å². The molecule has 1 fully saturated rings. The van der Waals surface area contributed by atoms with Gasteiger partial charge in [-0.3, -0.25) is 0 Å². The first kappa shape index (κ1) is 8.46. The topological polar surface area (TPSA) is 75.2 Å². The molecule has 0 amide bonds. The van der Waals surface area contributed by atoms with Crippen molar-refractivity contribution in [3.05, 3.63) is 6.20 Å². The monoisotopic (exact) mass is 184 g/mol. The van der Waals surface area contributed by atoms with Crippen molar-refractivity contribution in [3.63, 3.8) is 0 Å². The third kappa shape index (κ3) is 2.16. The zero-order valence-corrected chi connectivity index (χ0v) is 7.22. The molecule has 1 atom stereocenters. The summed E-state index contributed by atoms with van der Waals surface area (Å²) in [6.45, 7) is 2.58. The minimum absolute atomic E-state index is 0.0647. The average Bonchev–Trinajstić information content (AvgIpc) is 2.53. The van der Waals surface area contributed by atoms with Crippen molar-refractivity contribution in [1.29, 1.82) is 0 Å². The van der Waals surface area contributed by atoms with E-state index in [0.29, 0.717) is 32.2 Å². The van der Waals surface area contributed by atoms with Crippen LogP contribution in [0, 0.1) is 0 Å². The number of hydrogen-bond donors (Lipinski definition) is 1. The Labute approximate surface area is 75.6 Å². The van der Waals surface area contributed by atoms with Gasteiger partial charge in [0.1, 0.15) is 6.10 Å². The molecule has 0 aliphatic carbocycles. The van der Waals surface area contributed by atoms with E-state index in [1.165, 1.54) is 0 Å². The fourth-order valence-electron chi connectivity index (χ4n) is 1.25. The van der Waals surface area contributed by atoms with Gasteiger partial charge in [-0.05, 0) is 0 Å². The van der Waals surface area contributed by atoms with E-state index < -0.39 is 0 Å². The Bertz CT molecular complexity index is 269. The lowest BCUT2D eigenvalue weighted by molar-refractivity contribution is -0.0947. The highest BCUT2D eigenvalue weighted by atomic mass is 16.6. The van der Waals surface area contributed by atoms with Crippen molar-refractivity contribution < 1.29 is 9.47 Å². The Balaban J connectivity index is 1.89. The van der Waals surface area contributed by atoms with E-state index in [-0.39, 0.29) is 6.10 Å². The Kier molecular flexibility index (Phi) is 2.42. The second kappa shape index (κ2) is 3.71. The molecule has 1 aromatic rings. The zero-order valence-electron chi connectivity index (χ0n) is 7.22. The molecular formula is C7H12N4O2. The van der Waals surface area contributed by atoms with Crippen molar-refractivity contribution in [2.75, 3.05) is 25.6 Å². The summed E-state index contributed by atoms with van der Waals surface area (Å²) in [4.78, 5) is 0. The van der Waals surface area contributed by atoms with Gasteiger partial charge < -0.3 is 15.2 Å². The van der Waals surface area contributed by atoms with Gasteiger partial charge in [-0.1, -0.05) is 5.21 Å². The third-order valence-electron chi connectivity index (χ3n) is 1.83. The molecule has 1 aliphatic heterocycles. The molecular weight excluding hydrogens is 172 g/mol. The highest BCUT2D eigenvalue weighted by Crippen LogP contribution is 2.03. The lowest BCUT2D eigenvalue weighted by Crippen LogP contribution is -2.32. The summed E-state index contributed by atoms with van der Waals surface area (Å²) in [6.07, 6.45) is 1.74. The van der Waals surface area contributed by atoms with Crippen LogP contribution >= 0.6 is 0 Å². The summed E-state index contributed by atoms with van der Waals surface area (Å²) in [5.41, 5.74) is 5.42. The van der Waals surface area contributed by atoms with Crippen molar-refractivity contribution in [3.8, 4) is 0 Å². The van der Waals surface area contributed by atoms with Crippen molar-refractivity contribution in [1.82, 2.24) is 15.0 Å². The van der Waals surface area contributed by atoms with Gasteiger partial charge in [-0.2, -0.15) is 0 Å². The first-order chi connectivity index (χ1) is 6.34. The highest BCUT2D eigenvalue weighted by Gasteiger charge is 2.15. The molecule has 0 bridgehead atoms. The van der Waals surface area contributed by atoms with E-state index in [9.17, 15) is 0 Å². The number of nitrogens with two attached hydrogens (primary N) is 1. The molecule has 13 heavy (non-hydrogen) atoms. The van der Waals surface area contributed by atoms with Crippen LogP contribution in [0.15, 0.2) is 6.20 Å². The summed E-state index contributed by atoms with van der Waals surface area (Å²) in [7, 11) is 0. The Morgan fingerprint density at radius 2 is 2.54 bits per heavy atom. The fourth-order valence-corrected chi connectivity index (χ4v) is 1.25. The summed E-state index contributed by atoms with van der Waals surface area (Å²) >= 11 is 0. The minimum Gasteiger partial charge on any atom is -0.381 e. The van der Waals surface area contributed by atoms with Gasteiger partial charge in [0.05, 0.1) is 32.6 Å². The van der Waals surface area contributed by atoms with Gasteiger partial charge in [0, 0.05) is 0 Å². The normalized spacial score (nSPS) is 23.2. The molecule has 0 aromatic carbocycles. The second-order valence-corrected chi connectivity index (χ2v) is 2.93. The number of rotatable bonds is 2. The molecule has 0 spiro atoms. The third-order valence-corrected chi connectivity index (χ3v) is 1.83. The standard InChI is InChI=1S/C7H12N4O2/c8-7-4-11(10-9-7)3-6-5-12-1-2-13-6/h4,6H,1-3,5,8H2. The first-order valence-corrected chi connectivity index (χ1v) is 4.19. The van der Waals surface area contributed by atoms with Crippen LogP contribution in [0.5, 0.6) is 0 Å². The molecule has 1 aliphatic rings. The van der Waals surface area contributed by atoms with Gasteiger partial charge in [0.2, 0.25) is 0 Å². The van der Waals surface area contributed by atoms with E-state index >= 15 is 0 Å². The number of hydrogen-bond acceptors (Lipinski definition) is 5. The highest BCUT2D eigenvalue weighted by molar-refractivity contribution is 5.19. The lowest BCUT2D eigenvalue weighted by Gasteiger charge is -2.22. The Hall–Kier alpha value is -1.14. The molecule has 72 valence electrons. The zero-order chi connectivity index (χ0) is 9.10. The summed E-state index contributed by atoms with van der Waals surface area (Å²) in [5, 5.41) is 7.49. The average molecular weight is 184 g/mol. The number of nitrogen functional groups attached to an aromatic ring is 1. The minimum atomic E-state index is 0.0647. The van der Waals surface area contributed by atoms with Crippen molar-refractivity contribution in [2.45, 2.75) is 12.6 Å². The second-order valence-electron chi connectivity index (χ2n) is 2.93. The van der Waals surface area contributed by atoms with Gasteiger partial charge >= 0.3 is 0 Å². The summed E-state index contributed by atoms with van der Waals surface area (Å²) < 4.78 is 12.3. The number of nitrogens with zero attached hydrogens (tertiary/aromatic N) is 3. The molecule has 6 nitrogen and oxygen atoms in total. The number of anilines is 1. The fraction of sp³-hybridized carbons (Fsp3) is 0.714. The van der Waals surface area contributed by atoms with Gasteiger partial charge in [0.25, 0.3) is 0 Å². The maximum Gasteiger partial charge on any atom is 0.165 e. The molecule has 1 unspecified atom stereocenters. The van der Waals surface area contributed by atoms with E-state index in [0.717, 1.165) is 0 Å². The maximum atomic E-state index is 5.44.